The number of benzene rings is 2. The van der Waals surface area contributed by atoms with Gasteiger partial charge in [0.1, 0.15) is 11.5 Å². The zero-order valence-electron chi connectivity index (χ0n) is 15.9. The van der Waals surface area contributed by atoms with Crippen molar-refractivity contribution < 1.29 is 31.1 Å². The number of ether oxygens (including phenoxy) is 2. The van der Waals surface area contributed by atoms with Crippen LogP contribution in [0.25, 0.3) is 0 Å². The van der Waals surface area contributed by atoms with Gasteiger partial charge < -0.3 is 14.8 Å². The van der Waals surface area contributed by atoms with Crippen molar-refractivity contribution in [3.63, 3.8) is 0 Å². The Balaban J connectivity index is 1.77. The number of amides is 1. The van der Waals surface area contributed by atoms with E-state index in [9.17, 15) is 21.6 Å². The lowest BCUT2D eigenvalue weighted by molar-refractivity contribution is 0.102. The Kier molecular flexibility index (Phi) is 5.85. The predicted molar refractivity (Wildman–Crippen MR) is 108 cm³/mol. The van der Waals surface area contributed by atoms with Crippen LogP contribution in [-0.2, 0) is 19.7 Å². The van der Waals surface area contributed by atoms with E-state index in [-0.39, 0.29) is 28.4 Å². The fraction of sp³-hybridized carbons (Fsp3) is 0.316. The highest BCUT2D eigenvalue weighted by molar-refractivity contribution is 7.96. The molecule has 1 amide bonds. The van der Waals surface area contributed by atoms with E-state index >= 15 is 0 Å². The van der Waals surface area contributed by atoms with Crippen LogP contribution in [0.5, 0.6) is 11.5 Å². The monoisotopic (exact) mass is 439 g/mol. The van der Waals surface area contributed by atoms with Gasteiger partial charge in [-0.05, 0) is 42.8 Å². The summed E-state index contributed by atoms with van der Waals surface area (Å²) in [5.74, 6) is 0.0548. The second kappa shape index (κ2) is 8.03. The van der Waals surface area contributed by atoms with Gasteiger partial charge in [-0.1, -0.05) is 0 Å². The Morgan fingerprint density at radius 2 is 1.76 bits per heavy atom. The molecule has 1 N–H and O–H groups in total. The van der Waals surface area contributed by atoms with Crippen molar-refractivity contribution in [3.05, 3.63) is 48.0 Å². The average Bonchev–Trinajstić information content (AvgIpc) is 3.08. The first-order valence-corrected chi connectivity index (χ1v) is 12.1. The van der Waals surface area contributed by atoms with Crippen molar-refractivity contribution in [3.8, 4) is 11.5 Å². The third-order valence-electron chi connectivity index (χ3n) is 4.73. The van der Waals surface area contributed by atoms with Gasteiger partial charge in [-0.3, -0.25) is 4.79 Å². The Hall–Kier alpha value is -2.59. The molecule has 10 heteroatoms. The predicted octanol–water partition coefficient (Wildman–Crippen LogP) is 1.92. The van der Waals surface area contributed by atoms with Gasteiger partial charge in [-0.25, -0.2) is 16.8 Å². The van der Waals surface area contributed by atoms with Crippen molar-refractivity contribution in [2.75, 3.05) is 31.0 Å². The summed E-state index contributed by atoms with van der Waals surface area (Å²) in [6.45, 7) is 0. The van der Waals surface area contributed by atoms with Crippen LogP contribution in [0.2, 0.25) is 0 Å². The van der Waals surface area contributed by atoms with Gasteiger partial charge in [0.25, 0.3) is 5.91 Å². The van der Waals surface area contributed by atoms with E-state index in [1.54, 1.807) is 18.2 Å². The fourth-order valence-electron chi connectivity index (χ4n) is 3.09. The Bertz CT molecular complexity index is 1120. The highest BCUT2D eigenvalue weighted by Crippen LogP contribution is 2.30. The summed E-state index contributed by atoms with van der Waals surface area (Å²) in [4.78, 5) is 12.5. The van der Waals surface area contributed by atoms with E-state index < -0.39 is 30.8 Å². The van der Waals surface area contributed by atoms with Gasteiger partial charge in [0.15, 0.2) is 19.7 Å². The Morgan fingerprint density at radius 3 is 2.31 bits per heavy atom. The van der Waals surface area contributed by atoms with E-state index in [0.717, 1.165) is 0 Å². The van der Waals surface area contributed by atoms with Crippen molar-refractivity contribution in [1.29, 1.82) is 0 Å². The zero-order chi connectivity index (χ0) is 21.2. The van der Waals surface area contributed by atoms with Gasteiger partial charge in [-0.2, -0.15) is 0 Å². The second-order valence-electron chi connectivity index (χ2n) is 6.61. The molecule has 0 spiro atoms. The first-order valence-electron chi connectivity index (χ1n) is 8.74. The van der Waals surface area contributed by atoms with Gasteiger partial charge in [-0.15, -0.1) is 0 Å². The highest BCUT2D eigenvalue weighted by atomic mass is 32.2. The number of methoxy groups -OCH3 is 2. The molecule has 0 aromatic heterocycles. The molecule has 1 fully saturated rings. The highest BCUT2D eigenvalue weighted by Gasteiger charge is 2.38. The molecular formula is C19H21NO7S2. The van der Waals surface area contributed by atoms with E-state index in [2.05, 4.69) is 5.32 Å². The molecule has 1 heterocycles. The third kappa shape index (κ3) is 4.54. The molecule has 29 heavy (non-hydrogen) atoms. The molecule has 156 valence electrons. The van der Waals surface area contributed by atoms with Crippen LogP contribution in [0.15, 0.2) is 47.4 Å². The van der Waals surface area contributed by atoms with Crippen LogP contribution in [0, 0.1) is 0 Å². The number of hydrogen-bond donors (Lipinski definition) is 1. The van der Waals surface area contributed by atoms with E-state index in [0.29, 0.717) is 17.2 Å². The number of carbonyl (C=O) groups is 1. The minimum atomic E-state index is -3.77. The molecule has 0 unspecified atom stereocenters. The molecule has 0 saturated carbocycles. The van der Waals surface area contributed by atoms with Crippen molar-refractivity contribution in [2.24, 2.45) is 0 Å². The summed E-state index contributed by atoms with van der Waals surface area (Å²) >= 11 is 0. The van der Waals surface area contributed by atoms with E-state index in [4.69, 9.17) is 9.47 Å². The van der Waals surface area contributed by atoms with Gasteiger partial charge in [0, 0.05) is 11.6 Å². The van der Waals surface area contributed by atoms with Crippen LogP contribution in [0.4, 0.5) is 5.69 Å². The van der Waals surface area contributed by atoms with Crippen LogP contribution in [0.3, 0.4) is 0 Å². The smallest absolute Gasteiger partial charge is 0.255 e. The summed E-state index contributed by atoms with van der Waals surface area (Å²) in [7, 11) is -4.11. The number of rotatable bonds is 6. The topological polar surface area (TPSA) is 116 Å². The molecule has 0 bridgehead atoms. The molecule has 8 nitrogen and oxygen atoms in total. The van der Waals surface area contributed by atoms with Crippen molar-refractivity contribution in [2.45, 2.75) is 16.6 Å². The molecule has 1 aliphatic heterocycles. The Morgan fingerprint density at radius 1 is 1.07 bits per heavy atom. The van der Waals surface area contributed by atoms with Crippen LogP contribution < -0.4 is 14.8 Å². The lowest BCUT2D eigenvalue weighted by Gasteiger charge is -2.13. The molecule has 0 aliphatic carbocycles. The molecule has 1 atom stereocenters. The largest absolute Gasteiger partial charge is 0.497 e. The minimum absolute atomic E-state index is 0.00169. The molecule has 2 aromatic carbocycles. The summed E-state index contributed by atoms with van der Waals surface area (Å²) in [6.07, 6.45) is 0.0875. The van der Waals surface area contributed by atoms with Crippen LogP contribution >= 0.6 is 0 Å². The molecule has 0 radical (unpaired) electrons. The van der Waals surface area contributed by atoms with Crippen LogP contribution in [0.1, 0.15) is 16.8 Å². The standard InChI is InChI=1S/C19H21NO7S2/c1-26-14-5-8-17(18(11-14)27-2)20-19(21)13-3-6-15(7-4-13)29(24,25)16-9-10-28(22,23)12-16/h3-8,11,16H,9-10,12H2,1-2H3,(H,20,21)/t16-/m1/s1. The maximum Gasteiger partial charge on any atom is 0.255 e. The second-order valence-corrected chi connectivity index (χ2v) is 11.1. The van der Waals surface area contributed by atoms with Crippen molar-refractivity contribution in [1.82, 2.24) is 0 Å². The number of nitrogens with one attached hydrogen (secondary N) is 1. The molecule has 3 rings (SSSR count). The summed E-state index contributed by atoms with van der Waals surface area (Å²) in [5.41, 5.74) is 0.687. The average molecular weight is 440 g/mol. The summed E-state index contributed by atoms with van der Waals surface area (Å²) in [6, 6.07) is 10.4. The SMILES string of the molecule is COc1ccc(NC(=O)c2ccc(S(=O)(=O)[C@@H]3CCS(=O)(=O)C3)cc2)c(OC)c1. The van der Waals surface area contributed by atoms with E-state index in [1.807, 2.05) is 0 Å². The number of carbonyl (C=O) groups excluding carboxylic acids is 1. The maximum atomic E-state index is 12.6. The normalized spacial score (nSPS) is 18.2. The summed E-state index contributed by atoms with van der Waals surface area (Å²) < 4.78 is 58.8. The van der Waals surface area contributed by atoms with E-state index in [1.165, 1.54) is 38.5 Å². The number of sulfone groups is 2. The quantitative estimate of drug-likeness (QED) is 0.731. The molecule has 1 saturated heterocycles. The summed E-state index contributed by atoms with van der Waals surface area (Å²) in [5, 5.41) is 1.76. The first kappa shape index (κ1) is 21.1. The number of anilines is 1. The maximum absolute atomic E-state index is 12.6. The van der Waals surface area contributed by atoms with Gasteiger partial charge in [0.05, 0.1) is 41.6 Å². The Labute approximate surface area is 169 Å². The van der Waals surface area contributed by atoms with Gasteiger partial charge >= 0.3 is 0 Å². The molecule has 2 aromatic rings. The van der Waals surface area contributed by atoms with Crippen molar-refractivity contribution >= 4 is 31.3 Å². The molecule has 1 aliphatic rings. The lowest BCUT2D eigenvalue weighted by Crippen LogP contribution is -2.23. The molecular weight excluding hydrogens is 418 g/mol. The zero-order valence-corrected chi connectivity index (χ0v) is 17.5. The van der Waals surface area contributed by atoms with Crippen LogP contribution in [-0.4, -0.2) is 53.7 Å². The third-order valence-corrected chi connectivity index (χ3v) is 8.92. The minimum Gasteiger partial charge on any atom is -0.497 e. The van der Waals surface area contributed by atoms with Gasteiger partial charge in [0.2, 0.25) is 0 Å². The number of hydrogen-bond acceptors (Lipinski definition) is 7. The fourth-order valence-corrected chi connectivity index (χ4v) is 7.45. The first-order chi connectivity index (χ1) is 13.7. The lowest BCUT2D eigenvalue weighted by atomic mass is 10.2.